The Morgan fingerprint density at radius 3 is 2.84 bits per heavy atom. The molecule has 1 aliphatic rings. The molecule has 8 heteroatoms. The summed E-state index contributed by atoms with van der Waals surface area (Å²) in [5, 5.41) is 8.78. The van der Waals surface area contributed by atoms with Gasteiger partial charge >= 0.3 is 5.97 Å². The molecular formula is C11H15NO5S2. The summed E-state index contributed by atoms with van der Waals surface area (Å²) in [6.45, 7) is 2.87. The van der Waals surface area contributed by atoms with Crippen molar-refractivity contribution in [2.45, 2.75) is 23.7 Å². The summed E-state index contributed by atoms with van der Waals surface area (Å²) in [5.74, 6) is -0.960. The van der Waals surface area contributed by atoms with Crippen LogP contribution in [0.3, 0.4) is 0 Å². The van der Waals surface area contributed by atoms with Crippen LogP contribution >= 0.6 is 11.3 Å². The quantitative estimate of drug-likeness (QED) is 0.851. The maximum Gasteiger partial charge on any atom is 0.345 e. The normalized spacial score (nSPS) is 23.6. The lowest BCUT2D eigenvalue weighted by atomic mass is 10.0. The average molecular weight is 305 g/mol. The molecule has 0 radical (unpaired) electrons. The standard InChI is InChI=1S/C11H15NO5S2/c1-7-8(4-5-17-7)6-12-19(15,16)10-3-2-9(18-10)11(13)14/h2-3,7-8,12H,4-6H2,1H3,(H,13,14). The van der Waals surface area contributed by atoms with E-state index in [4.69, 9.17) is 9.84 Å². The Balaban J connectivity index is 2.03. The summed E-state index contributed by atoms with van der Waals surface area (Å²) < 4.78 is 31.9. The first-order valence-electron chi connectivity index (χ1n) is 5.84. The zero-order valence-electron chi connectivity index (χ0n) is 10.3. The number of hydrogen-bond donors (Lipinski definition) is 2. The summed E-state index contributed by atoms with van der Waals surface area (Å²) in [5.41, 5.74) is 0. The first-order valence-corrected chi connectivity index (χ1v) is 8.14. The third kappa shape index (κ3) is 3.33. The van der Waals surface area contributed by atoms with Crippen molar-refractivity contribution in [3.8, 4) is 0 Å². The number of aromatic carboxylic acids is 1. The zero-order valence-corrected chi connectivity index (χ0v) is 12.0. The van der Waals surface area contributed by atoms with Gasteiger partial charge in [0.2, 0.25) is 10.0 Å². The molecule has 2 rings (SSSR count). The van der Waals surface area contributed by atoms with Gasteiger partial charge in [0.15, 0.2) is 0 Å². The molecule has 0 aromatic carbocycles. The number of thiophene rings is 1. The van der Waals surface area contributed by atoms with Crippen molar-refractivity contribution in [3.05, 3.63) is 17.0 Å². The van der Waals surface area contributed by atoms with E-state index in [1.165, 1.54) is 12.1 Å². The smallest absolute Gasteiger partial charge is 0.345 e. The minimum atomic E-state index is -3.63. The molecule has 106 valence electrons. The van der Waals surface area contributed by atoms with Crippen LogP contribution in [0.15, 0.2) is 16.3 Å². The molecule has 1 aliphatic heterocycles. The number of carboxylic acid groups (broad SMARTS) is 1. The van der Waals surface area contributed by atoms with E-state index in [0.717, 1.165) is 17.8 Å². The van der Waals surface area contributed by atoms with Crippen molar-refractivity contribution in [3.63, 3.8) is 0 Å². The van der Waals surface area contributed by atoms with Crippen molar-refractivity contribution in [1.82, 2.24) is 4.72 Å². The van der Waals surface area contributed by atoms with Crippen LogP contribution < -0.4 is 4.72 Å². The number of rotatable bonds is 5. The van der Waals surface area contributed by atoms with Crippen LogP contribution in [0, 0.1) is 5.92 Å². The van der Waals surface area contributed by atoms with Crippen molar-refractivity contribution >= 4 is 27.3 Å². The SMILES string of the molecule is CC1OCCC1CNS(=O)(=O)c1ccc(C(=O)O)s1. The predicted molar refractivity (Wildman–Crippen MR) is 70.0 cm³/mol. The van der Waals surface area contributed by atoms with Crippen LogP contribution in [0.5, 0.6) is 0 Å². The van der Waals surface area contributed by atoms with Gasteiger partial charge < -0.3 is 9.84 Å². The second-order valence-electron chi connectivity index (χ2n) is 4.40. The molecule has 0 spiro atoms. The summed E-state index contributed by atoms with van der Waals surface area (Å²) in [6, 6.07) is 2.61. The third-order valence-corrected chi connectivity index (χ3v) is 6.11. The van der Waals surface area contributed by atoms with E-state index in [2.05, 4.69) is 4.72 Å². The van der Waals surface area contributed by atoms with Crippen LogP contribution in [0.1, 0.15) is 23.0 Å². The maximum atomic E-state index is 12.0. The summed E-state index contributed by atoms with van der Waals surface area (Å²) in [4.78, 5) is 10.7. The van der Waals surface area contributed by atoms with Gasteiger partial charge in [0.05, 0.1) is 6.10 Å². The Morgan fingerprint density at radius 1 is 1.58 bits per heavy atom. The molecule has 2 atom stereocenters. The van der Waals surface area contributed by atoms with Crippen LogP contribution in [-0.2, 0) is 14.8 Å². The second-order valence-corrected chi connectivity index (χ2v) is 7.48. The third-order valence-electron chi connectivity index (χ3n) is 3.13. The van der Waals surface area contributed by atoms with E-state index in [9.17, 15) is 13.2 Å². The first-order chi connectivity index (χ1) is 8.90. The van der Waals surface area contributed by atoms with Crippen molar-refractivity contribution < 1.29 is 23.1 Å². The fourth-order valence-electron chi connectivity index (χ4n) is 1.91. The fourth-order valence-corrected chi connectivity index (χ4v) is 4.20. The van der Waals surface area contributed by atoms with Gasteiger partial charge in [-0.25, -0.2) is 17.9 Å². The minimum Gasteiger partial charge on any atom is -0.477 e. The van der Waals surface area contributed by atoms with E-state index >= 15 is 0 Å². The van der Waals surface area contributed by atoms with Gasteiger partial charge in [0, 0.05) is 19.1 Å². The van der Waals surface area contributed by atoms with Gasteiger partial charge in [0.25, 0.3) is 0 Å². The number of carboxylic acids is 1. The zero-order chi connectivity index (χ0) is 14.0. The van der Waals surface area contributed by atoms with E-state index in [-0.39, 0.29) is 21.1 Å². The Labute approximate surface area is 115 Å². The number of nitrogens with one attached hydrogen (secondary N) is 1. The van der Waals surface area contributed by atoms with Gasteiger partial charge in [-0.15, -0.1) is 11.3 Å². The highest BCUT2D eigenvalue weighted by atomic mass is 32.2. The fraction of sp³-hybridized carbons (Fsp3) is 0.545. The summed E-state index contributed by atoms with van der Waals surface area (Å²) in [7, 11) is -3.63. The Bertz CT molecular complexity index is 565. The highest BCUT2D eigenvalue weighted by molar-refractivity contribution is 7.91. The molecule has 1 fully saturated rings. The van der Waals surface area contributed by atoms with E-state index in [0.29, 0.717) is 13.2 Å². The second kappa shape index (κ2) is 5.58. The first kappa shape index (κ1) is 14.4. The monoisotopic (exact) mass is 305 g/mol. The summed E-state index contributed by atoms with van der Waals surface area (Å²) in [6.07, 6.45) is 0.870. The predicted octanol–water partition coefficient (Wildman–Crippen LogP) is 1.15. The highest BCUT2D eigenvalue weighted by Crippen LogP contribution is 2.23. The average Bonchev–Trinajstić information content (AvgIpc) is 2.95. The highest BCUT2D eigenvalue weighted by Gasteiger charge is 2.27. The van der Waals surface area contributed by atoms with E-state index in [1.54, 1.807) is 0 Å². The van der Waals surface area contributed by atoms with Crippen molar-refractivity contribution in [2.24, 2.45) is 5.92 Å². The van der Waals surface area contributed by atoms with Gasteiger partial charge in [-0.3, -0.25) is 0 Å². The minimum absolute atomic E-state index is 0.0120. The molecule has 0 bridgehead atoms. The molecule has 0 amide bonds. The molecule has 2 N–H and O–H groups in total. The van der Waals surface area contributed by atoms with Crippen molar-refractivity contribution in [2.75, 3.05) is 13.2 Å². The molecule has 19 heavy (non-hydrogen) atoms. The molecular weight excluding hydrogens is 290 g/mol. The van der Waals surface area contributed by atoms with Crippen LogP contribution in [0.2, 0.25) is 0 Å². The number of sulfonamides is 1. The molecule has 2 heterocycles. The lowest BCUT2D eigenvalue weighted by molar-refractivity contribution is 0.0702. The number of carbonyl (C=O) groups is 1. The van der Waals surface area contributed by atoms with E-state index in [1.807, 2.05) is 6.92 Å². The Morgan fingerprint density at radius 2 is 2.32 bits per heavy atom. The lowest BCUT2D eigenvalue weighted by Crippen LogP contribution is -2.31. The Kier molecular flexibility index (Phi) is 4.24. The van der Waals surface area contributed by atoms with Crippen LogP contribution in [-0.4, -0.2) is 38.7 Å². The molecule has 0 saturated carbocycles. The van der Waals surface area contributed by atoms with Gasteiger partial charge in [-0.1, -0.05) is 0 Å². The molecule has 0 aliphatic carbocycles. The molecule has 6 nitrogen and oxygen atoms in total. The topological polar surface area (TPSA) is 92.7 Å². The molecule has 2 unspecified atom stereocenters. The van der Waals surface area contributed by atoms with Gasteiger partial charge in [0.1, 0.15) is 9.09 Å². The molecule has 1 aromatic heterocycles. The lowest BCUT2D eigenvalue weighted by Gasteiger charge is -2.14. The van der Waals surface area contributed by atoms with Gasteiger partial charge in [-0.05, 0) is 25.5 Å². The van der Waals surface area contributed by atoms with Crippen molar-refractivity contribution in [1.29, 1.82) is 0 Å². The molecule has 1 aromatic rings. The Hall–Kier alpha value is -0.960. The molecule has 1 saturated heterocycles. The summed E-state index contributed by atoms with van der Waals surface area (Å²) >= 11 is 0.750. The maximum absolute atomic E-state index is 12.0. The number of ether oxygens (including phenoxy) is 1. The largest absolute Gasteiger partial charge is 0.477 e. The van der Waals surface area contributed by atoms with Crippen LogP contribution in [0.25, 0.3) is 0 Å². The number of hydrogen-bond acceptors (Lipinski definition) is 5. The van der Waals surface area contributed by atoms with Gasteiger partial charge in [-0.2, -0.15) is 0 Å². The van der Waals surface area contributed by atoms with E-state index < -0.39 is 16.0 Å². The van der Waals surface area contributed by atoms with Crippen LogP contribution in [0.4, 0.5) is 0 Å².